The lowest BCUT2D eigenvalue weighted by atomic mass is 10.0. The summed E-state index contributed by atoms with van der Waals surface area (Å²) in [5, 5.41) is 26.0. The first-order valence-electron chi connectivity index (χ1n) is 10.4. The quantitative estimate of drug-likeness (QED) is 0.395. The first kappa shape index (κ1) is 21.0. The van der Waals surface area contributed by atoms with Crippen LogP contribution in [-0.4, -0.2) is 48.5 Å². The highest BCUT2D eigenvalue weighted by Gasteiger charge is 2.30. The van der Waals surface area contributed by atoms with E-state index in [1.165, 1.54) is 11.3 Å². The second-order valence-electron chi connectivity index (χ2n) is 7.86. The number of alkyl halides is 1. The number of aliphatic hydroxyl groups is 1. The molecule has 9 nitrogen and oxygen atoms in total. The lowest BCUT2D eigenvalue weighted by Crippen LogP contribution is -2.32. The number of anilines is 1. The number of nitrogens with one attached hydrogen (secondary N) is 1. The Morgan fingerprint density at radius 2 is 2.12 bits per heavy atom. The molecule has 4 aromatic rings. The molecule has 0 saturated carbocycles. The van der Waals surface area contributed by atoms with Gasteiger partial charge in [0.05, 0.1) is 35.9 Å². The Bertz CT molecular complexity index is 1210. The van der Waals surface area contributed by atoms with Gasteiger partial charge in [-0.25, -0.2) is 14.1 Å². The van der Waals surface area contributed by atoms with Gasteiger partial charge in [0.25, 0.3) is 0 Å². The maximum atomic E-state index is 14.0. The van der Waals surface area contributed by atoms with Crippen LogP contribution in [0.1, 0.15) is 36.6 Å². The third kappa shape index (κ3) is 3.88. The third-order valence-corrected chi connectivity index (χ3v) is 6.55. The third-order valence-electron chi connectivity index (χ3n) is 5.71. The van der Waals surface area contributed by atoms with Crippen LogP contribution in [0, 0.1) is 0 Å². The molecular weight excluding hydrogens is 433 g/mol. The lowest BCUT2D eigenvalue weighted by Gasteiger charge is -2.19. The van der Waals surface area contributed by atoms with Gasteiger partial charge in [-0.2, -0.15) is 10.2 Å². The van der Waals surface area contributed by atoms with Crippen molar-refractivity contribution in [2.45, 2.75) is 37.4 Å². The SMILES string of the molecule is Cn1ncc(NC(O)c2csc(-n3ncc4ccccc43)n2)c1[C@@H]1CC[C@@H](N)[C@H](F)CO1. The van der Waals surface area contributed by atoms with E-state index in [4.69, 9.17) is 10.5 Å². The summed E-state index contributed by atoms with van der Waals surface area (Å²) in [4.78, 5) is 4.56. The van der Waals surface area contributed by atoms with Gasteiger partial charge < -0.3 is 20.9 Å². The van der Waals surface area contributed by atoms with Gasteiger partial charge in [-0.15, -0.1) is 11.3 Å². The molecule has 4 N–H and O–H groups in total. The number of hydrogen-bond acceptors (Lipinski definition) is 8. The average molecular weight is 458 g/mol. The van der Waals surface area contributed by atoms with Gasteiger partial charge in [0.2, 0.25) is 5.13 Å². The number of aromatic nitrogens is 5. The average Bonchev–Trinajstić information content (AvgIpc) is 3.50. The number of ether oxygens (including phenoxy) is 1. The van der Waals surface area contributed by atoms with Crippen LogP contribution in [0.5, 0.6) is 0 Å². The van der Waals surface area contributed by atoms with Crippen molar-refractivity contribution < 1.29 is 14.2 Å². The van der Waals surface area contributed by atoms with Crippen molar-refractivity contribution in [3.63, 3.8) is 0 Å². The summed E-state index contributed by atoms with van der Waals surface area (Å²) >= 11 is 1.39. The molecule has 1 aromatic carbocycles. The van der Waals surface area contributed by atoms with E-state index in [1.54, 1.807) is 34.2 Å². The number of thiazole rings is 1. The Kier molecular flexibility index (Phi) is 5.64. The second-order valence-corrected chi connectivity index (χ2v) is 8.70. The molecule has 11 heteroatoms. The zero-order valence-corrected chi connectivity index (χ0v) is 18.2. The zero-order chi connectivity index (χ0) is 22.2. The van der Waals surface area contributed by atoms with E-state index in [0.29, 0.717) is 29.4 Å². The molecule has 0 aliphatic carbocycles. The van der Waals surface area contributed by atoms with Crippen LogP contribution < -0.4 is 11.1 Å². The molecule has 1 saturated heterocycles. The number of hydrogen-bond donors (Lipinski definition) is 3. The largest absolute Gasteiger partial charge is 0.369 e. The van der Waals surface area contributed by atoms with E-state index < -0.39 is 18.4 Å². The summed E-state index contributed by atoms with van der Waals surface area (Å²) in [6, 6.07) is 7.33. The van der Waals surface area contributed by atoms with Crippen molar-refractivity contribution in [1.82, 2.24) is 24.5 Å². The van der Waals surface area contributed by atoms with Crippen LogP contribution in [0.3, 0.4) is 0 Å². The van der Waals surface area contributed by atoms with Gasteiger partial charge in [-0.3, -0.25) is 4.68 Å². The van der Waals surface area contributed by atoms with Crippen LogP contribution in [0.15, 0.2) is 42.0 Å². The molecule has 1 unspecified atom stereocenters. The highest BCUT2D eigenvalue weighted by Crippen LogP contribution is 2.34. The Hall–Kier alpha value is -2.86. The Labute approximate surface area is 187 Å². The van der Waals surface area contributed by atoms with E-state index in [9.17, 15) is 9.50 Å². The predicted octanol–water partition coefficient (Wildman–Crippen LogP) is 2.84. The minimum Gasteiger partial charge on any atom is -0.369 e. The smallest absolute Gasteiger partial charge is 0.211 e. The van der Waals surface area contributed by atoms with E-state index >= 15 is 0 Å². The lowest BCUT2D eigenvalue weighted by molar-refractivity contribution is 0.0246. The highest BCUT2D eigenvalue weighted by atomic mass is 32.1. The van der Waals surface area contributed by atoms with Crippen molar-refractivity contribution in [2.75, 3.05) is 11.9 Å². The van der Waals surface area contributed by atoms with Gasteiger partial charge in [0.15, 0.2) is 6.23 Å². The molecule has 1 aliphatic rings. The molecule has 32 heavy (non-hydrogen) atoms. The summed E-state index contributed by atoms with van der Waals surface area (Å²) in [6.45, 7) is -0.0632. The molecule has 4 atom stereocenters. The molecule has 4 heterocycles. The van der Waals surface area contributed by atoms with Crippen LogP contribution in [0.25, 0.3) is 16.0 Å². The normalized spacial score (nSPS) is 22.7. The topological polar surface area (TPSA) is 116 Å². The minimum atomic E-state index is -1.19. The van der Waals surface area contributed by atoms with Crippen molar-refractivity contribution >= 4 is 27.9 Å². The fourth-order valence-corrected chi connectivity index (χ4v) is 4.75. The summed E-state index contributed by atoms with van der Waals surface area (Å²) < 4.78 is 23.2. The number of nitrogens with two attached hydrogens (primary N) is 1. The van der Waals surface area contributed by atoms with Gasteiger partial charge in [0, 0.05) is 23.9 Å². The molecule has 0 spiro atoms. The van der Waals surface area contributed by atoms with Crippen LogP contribution in [0.4, 0.5) is 10.1 Å². The fourth-order valence-electron chi connectivity index (χ4n) is 3.94. The Morgan fingerprint density at radius 3 is 3.00 bits per heavy atom. The first-order valence-corrected chi connectivity index (χ1v) is 11.3. The summed E-state index contributed by atoms with van der Waals surface area (Å²) in [7, 11) is 1.79. The van der Waals surface area contributed by atoms with Crippen LogP contribution >= 0.6 is 11.3 Å². The number of para-hydroxylation sites is 1. The number of fused-ring (bicyclic) bond motifs is 1. The van der Waals surface area contributed by atoms with Gasteiger partial charge >= 0.3 is 0 Å². The Morgan fingerprint density at radius 1 is 1.28 bits per heavy atom. The number of aryl methyl sites for hydroxylation is 1. The molecule has 0 amide bonds. The predicted molar refractivity (Wildman–Crippen MR) is 119 cm³/mol. The maximum Gasteiger partial charge on any atom is 0.211 e. The summed E-state index contributed by atoms with van der Waals surface area (Å²) in [5.74, 6) is 0. The number of aliphatic hydroxyl groups excluding tert-OH is 1. The molecular formula is C21H24FN7O2S. The van der Waals surface area contributed by atoms with Crippen molar-refractivity contribution in [1.29, 1.82) is 0 Å². The van der Waals surface area contributed by atoms with E-state index in [2.05, 4.69) is 20.5 Å². The number of benzene rings is 1. The van der Waals surface area contributed by atoms with Crippen molar-refractivity contribution in [3.8, 4) is 5.13 Å². The molecule has 1 fully saturated rings. The van der Waals surface area contributed by atoms with Crippen LogP contribution in [-0.2, 0) is 11.8 Å². The Balaban J connectivity index is 1.36. The monoisotopic (exact) mass is 457 g/mol. The number of halogens is 1. The molecule has 168 valence electrons. The maximum absolute atomic E-state index is 14.0. The van der Waals surface area contributed by atoms with Gasteiger partial charge in [-0.1, -0.05) is 18.2 Å². The fraction of sp³-hybridized carbons (Fsp3) is 0.381. The zero-order valence-electron chi connectivity index (χ0n) is 17.4. The van der Waals surface area contributed by atoms with E-state index in [0.717, 1.165) is 16.6 Å². The van der Waals surface area contributed by atoms with Gasteiger partial charge in [-0.05, 0) is 18.9 Å². The number of rotatable bonds is 5. The molecule has 0 radical (unpaired) electrons. The van der Waals surface area contributed by atoms with Crippen molar-refractivity contribution in [2.24, 2.45) is 12.8 Å². The van der Waals surface area contributed by atoms with Crippen molar-refractivity contribution in [3.05, 3.63) is 53.4 Å². The van der Waals surface area contributed by atoms with E-state index in [-0.39, 0.29) is 12.7 Å². The first-order chi connectivity index (χ1) is 15.5. The molecule has 0 bridgehead atoms. The summed E-state index contributed by atoms with van der Waals surface area (Å²) in [5.41, 5.74) is 8.61. The van der Waals surface area contributed by atoms with Gasteiger partial charge in [0.1, 0.15) is 18.0 Å². The summed E-state index contributed by atoms with van der Waals surface area (Å²) in [6.07, 6.45) is 1.85. The van der Waals surface area contributed by atoms with E-state index in [1.807, 2.05) is 24.3 Å². The molecule has 3 aromatic heterocycles. The molecule has 1 aliphatic heterocycles. The standard InChI is InChI=1S/C21H24FN7O2S/c1-28-19(18-7-6-14(23)13(22)10-31-18)15(9-24-28)26-20(30)16-11-32-21(27-16)29-17-5-3-2-4-12(17)8-25-29/h2-5,8-9,11,13-14,18,20,26,30H,6-7,10,23H2,1H3/t13-,14-,18+,20?/m1/s1. The second kappa shape index (κ2) is 8.58. The number of nitrogens with zero attached hydrogens (tertiary/aromatic N) is 5. The van der Waals surface area contributed by atoms with Crippen LogP contribution in [0.2, 0.25) is 0 Å². The minimum absolute atomic E-state index is 0.0632. The molecule has 5 rings (SSSR count). The highest BCUT2D eigenvalue weighted by molar-refractivity contribution is 7.12.